The summed E-state index contributed by atoms with van der Waals surface area (Å²) in [5.41, 5.74) is 0.517. The second-order valence-electron chi connectivity index (χ2n) is 8.49. The number of carbonyl (C=O) groups excluding carboxylic acids is 1. The molecule has 2 rings (SSSR count). The van der Waals surface area contributed by atoms with Gasteiger partial charge in [0.05, 0.1) is 6.04 Å². The molecule has 1 saturated heterocycles. The van der Waals surface area contributed by atoms with Crippen molar-refractivity contribution in [2.75, 3.05) is 11.9 Å². The molecule has 2 heterocycles. The molecule has 0 bridgehead atoms. The Labute approximate surface area is 138 Å². The third kappa shape index (κ3) is 4.28. The first kappa shape index (κ1) is 17.9. The number of pyridine rings is 1. The molecule has 1 aromatic rings. The molecule has 1 aromatic heterocycles. The molecule has 4 nitrogen and oxygen atoms in total. The van der Waals surface area contributed by atoms with Crippen molar-refractivity contribution in [3.05, 3.63) is 24.3 Å². The molecule has 0 aliphatic carbocycles. The SMILES string of the molecule is CC(C)(C)C1C[C@@H](C(=O)Nc2ccnc(F)c2)N(C(C)(C)C)C1. The van der Waals surface area contributed by atoms with Crippen LogP contribution in [0.15, 0.2) is 18.3 Å². The summed E-state index contributed by atoms with van der Waals surface area (Å²) in [7, 11) is 0. The van der Waals surface area contributed by atoms with Crippen molar-refractivity contribution < 1.29 is 9.18 Å². The lowest BCUT2D eigenvalue weighted by molar-refractivity contribution is -0.121. The van der Waals surface area contributed by atoms with Crippen LogP contribution in [0.2, 0.25) is 0 Å². The Kier molecular flexibility index (Phi) is 4.81. The highest BCUT2D eigenvalue weighted by atomic mass is 19.1. The molecule has 0 saturated carbocycles. The molecule has 1 fully saturated rings. The van der Waals surface area contributed by atoms with Crippen LogP contribution in [0.1, 0.15) is 48.0 Å². The lowest BCUT2D eigenvalue weighted by Gasteiger charge is -2.36. The van der Waals surface area contributed by atoms with E-state index in [-0.39, 0.29) is 22.9 Å². The number of likely N-dealkylation sites (tertiary alicyclic amines) is 1. The topological polar surface area (TPSA) is 45.2 Å². The van der Waals surface area contributed by atoms with E-state index in [1.54, 1.807) is 6.07 Å². The number of nitrogens with zero attached hydrogens (tertiary/aromatic N) is 2. The summed E-state index contributed by atoms with van der Waals surface area (Å²) in [6.07, 6.45) is 2.18. The standard InChI is InChI=1S/C18H28FN3O/c1-17(2,3)12-9-14(22(11-12)18(4,5)6)16(23)21-13-7-8-20-15(19)10-13/h7-8,10,12,14H,9,11H2,1-6H3,(H,20,21,23)/t12?,14-/m0/s1. The molecule has 2 atom stereocenters. The Morgan fingerprint density at radius 1 is 1.30 bits per heavy atom. The zero-order chi connectivity index (χ0) is 17.4. The second-order valence-corrected chi connectivity index (χ2v) is 8.49. The minimum atomic E-state index is -0.588. The smallest absolute Gasteiger partial charge is 0.241 e. The molecule has 128 valence electrons. The molecule has 0 spiro atoms. The summed E-state index contributed by atoms with van der Waals surface area (Å²) < 4.78 is 13.2. The van der Waals surface area contributed by atoms with Crippen LogP contribution < -0.4 is 5.32 Å². The summed E-state index contributed by atoms with van der Waals surface area (Å²) in [6.45, 7) is 13.9. The highest BCUT2D eigenvalue weighted by Gasteiger charge is 2.45. The molecule has 1 aliphatic heterocycles. The number of amides is 1. The van der Waals surface area contributed by atoms with Crippen LogP contribution >= 0.6 is 0 Å². The van der Waals surface area contributed by atoms with Gasteiger partial charge in [0, 0.05) is 30.0 Å². The Hall–Kier alpha value is -1.49. The fourth-order valence-corrected chi connectivity index (χ4v) is 3.16. The first-order valence-electron chi connectivity index (χ1n) is 8.17. The van der Waals surface area contributed by atoms with E-state index in [4.69, 9.17) is 0 Å². The van der Waals surface area contributed by atoms with Crippen LogP contribution in [0, 0.1) is 17.3 Å². The number of carbonyl (C=O) groups is 1. The molecule has 5 heteroatoms. The zero-order valence-electron chi connectivity index (χ0n) is 15.0. The summed E-state index contributed by atoms with van der Waals surface area (Å²) in [4.78, 5) is 18.5. The van der Waals surface area contributed by atoms with Crippen LogP contribution in [0.4, 0.5) is 10.1 Å². The number of rotatable bonds is 2. The largest absolute Gasteiger partial charge is 0.325 e. The molecule has 1 aliphatic rings. The van der Waals surface area contributed by atoms with Gasteiger partial charge in [-0.1, -0.05) is 20.8 Å². The van der Waals surface area contributed by atoms with Crippen LogP contribution in [-0.2, 0) is 4.79 Å². The van der Waals surface area contributed by atoms with E-state index in [0.29, 0.717) is 11.6 Å². The van der Waals surface area contributed by atoms with E-state index in [1.807, 2.05) is 0 Å². The van der Waals surface area contributed by atoms with Gasteiger partial charge in [-0.2, -0.15) is 4.39 Å². The van der Waals surface area contributed by atoms with Crippen LogP contribution in [-0.4, -0.2) is 33.9 Å². The van der Waals surface area contributed by atoms with Gasteiger partial charge in [-0.15, -0.1) is 0 Å². The first-order chi connectivity index (χ1) is 10.5. The first-order valence-corrected chi connectivity index (χ1v) is 8.17. The molecule has 1 N–H and O–H groups in total. The molecule has 0 radical (unpaired) electrons. The minimum absolute atomic E-state index is 0.0720. The fourth-order valence-electron chi connectivity index (χ4n) is 3.16. The van der Waals surface area contributed by atoms with Crippen LogP contribution in [0.25, 0.3) is 0 Å². The van der Waals surface area contributed by atoms with Gasteiger partial charge in [-0.3, -0.25) is 9.69 Å². The number of hydrogen-bond donors (Lipinski definition) is 1. The lowest BCUT2D eigenvalue weighted by atomic mass is 9.79. The second kappa shape index (κ2) is 6.19. The van der Waals surface area contributed by atoms with Gasteiger partial charge in [0.1, 0.15) is 0 Å². The van der Waals surface area contributed by atoms with Gasteiger partial charge in [0.25, 0.3) is 0 Å². The summed E-state index contributed by atoms with van der Waals surface area (Å²) in [5, 5.41) is 2.84. The van der Waals surface area contributed by atoms with Crippen LogP contribution in [0.5, 0.6) is 0 Å². The molecule has 1 amide bonds. The summed E-state index contributed by atoms with van der Waals surface area (Å²) in [5.74, 6) is -0.210. The number of hydrogen-bond acceptors (Lipinski definition) is 3. The van der Waals surface area contributed by atoms with Crippen molar-refractivity contribution in [2.45, 2.75) is 59.5 Å². The number of aromatic nitrogens is 1. The van der Waals surface area contributed by atoms with Gasteiger partial charge in [0.2, 0.25) is 11.9 Å². The Bertz CT molecular complexity index is 574. The van der Waals surface area contributed by atoms with E-state index < -0.39 is 5.95 Å². The average Bonchev–Trinajstić information content (AvgIpc) is 2.83. The minimum Gasteiger partial charge on any atom is -0.325 e. The van der Waals surface area contributed by atoms with Crippen molar-refractivity contribution in [2.24, 2.45) is 11.3 Å². The van der Waals surface area contributed by atoms with Gasteiger partial charge in [0.15, 0.2) is 0 Å². The quantitative estimate of drug-likeness (QED) is 0.845. The van der Waals surface area contributed by atoms with E-state index in [2.05, 4.69) is 56.7 Å². The summed E-state index contributed by atoms with van der Waals surface area (Å²) >= 11 is 0. The third-order valence-electron chi connectivity index (χ3n) is 4.68. The Morgan fingerprint density at radius 3 is 2.48 bits per heavy atom. The number of halogens is 1. The van der Waals surface area contributed by atoms with Crippen molar-refractivity contribution in [1.82, 2.24) is 9.88 Å². The maximum atomic E-state index is 13.2. The average molecular weight is 321 g/mol. The highest BCUT2D eigenvalue weighted by Crippen LogP contribution is 2.40. The van der Waals surface area contributed by atoms with Gasteiger partial charge >= 0.3 is 0 Å². The van der Waals surface area contributed by atoms with Gasteiger partial charge in [-0.05, 0) is 44.6 Å². The molecule has 23 heavy (non-hydrogen) atoms. The molecular formula is C18H28FN3O. The predicted octanol–water partition coefficient (Wildman–Crippen LogP) is 3.69. The number of nitrogens with one attached hydrogen (secondary N) is 1. The van der Waals surface area contributed by atoms with Crippen LogP contribution in [0.3, 0.4) is 0 Å². The van der Waals surface area contributed by atoms with E-state index in [9.17, 15) is 9.18 Å². The molecule has 0 aromatic carbocycles. The van der Waals surface area contributed by atoms with Crippen molar-refractivity contribution in [3.8, 4) is 0 Å². The van der Waals surface area contributed by atoms with Crippen molar-refractivity contribution in [3.63, 3.8) is 0 Å². The number of anilines is 1. The monoisotopic (exact) mass is 321 g/mol. The van der Waals surface area contributed by atoms with Crippen molar-refractivity contribution in [1.29, 1.82) is 0 Å². The molecular weight excluding hydrogens is 293 g/mol. The Balaban J connectivity index is 2.19. The highest BCUT2D eigenvalue weighted by molar-refractivity contribution is 5.95. The molecule has 1 unspecified atom stereocenters. The predicted molar refractivity (Wildman–Crippen MR) is 90.6 cm³/mol. The Morgan fingerprint density at radius 2 is 1.96 bits per heavy atom. The van der Waals surface area contributed by atoms with Gasteiger partial charge < -0.3 is 5.32 Å². The van der Waals surface area contributed by atoms with Gasteiger partial charge in [-0.25, -0.2) is 4.98 Å². The fraction of sp³-hybridized carbons (Fsp3) is 0.667. The third-order valence-corrected chi connectivity index (χ3v) is 4.68. The zero-order valence-corrected chi connectivity index (χ0v) is 15.0. The van der Waals surface area contributed by atoms with E-state index in [0.717, 1.165) is 13.0 Å². The maximum absolute atomic E-state index is 13.2. The van der Waals surface area contributed by atoms with E-state index in [1.165, 1.54) is 12.3 Å². The normalized spacial score (nSPS) is 23.1. The lowest BCUT2D eigenvalue weighted by Crippen LogP contribution is -2.49. The van der Waals surface area contributed by atoms with E-state index >= 15 is 0 Å². The summed E-state index contributed by atoms with van der Waals surface area (Å²) in [6, 6.07) is 2.66. The maximum Gasteiger partial charge on any atom is 0.241 e. The van der Waals surface area contributed by atoms with Crippen molar-refractivity contribution >= 4 is 11.6 Å².